The lowest BCUT2D eigenvalue weighted by molar-refractivity contribution is 0.503. The molecular weight excluding hydrogens is 237 g/mol. The summed E-state index contributed by atoms with van der Waals surface area (Å²) in [7, 11) is 0. The van der Waals surface area contributed by atoms with Crippen LogP contribution in [0, 0.1) is 11.6 Å². The number of rotatable bonds is 1. The number of hydrogen-bond donors (Lipinski definition) is 0. The summed E-state index contributed by atoms with van der Waals surface area (Å²) in [5, 5.41) is 0. The maximum atomic E-state index is 12.7. The Morgan fingerprint density at radius 2 is 2.00 bits per heavy atom. The van der Waals surface area contributed by atoms with E-state index in [-0.39, 0.29) is 10.4 Å². The molecule has 1 rings (SSSR count). The Labute approximate surface area is 76.3 Å². The van der Waals surface area contributed by atoms with Gasteiger partial charge in [0.1, 0.15) is 0 Å². The van der Waals surface area contributed by atoms with Crippen molar-refractivity contribution in [3.8, 4) is 0 Å². The molecule has 0 spiro atoms. The fourth-order valence-electron chi connectivity index (χ4n) is 0.669. The van der Waals surface area contributed by atoms with Crippen LogP contribution in [-0.4, -0.2) is 0 Å². The van der Waals surface area contributed by atoms with Gasteiger partial charge in [0, 0.05) is 5.88 Å². The zero-order valence-electron chi connectivity index (χ0n) is 5.37. The van der Waals surface area contributed by atoms with Gasteiger partial charge in [-0.15, -0.1) is 11.6 Å². The fraction of sp³-hybridized carbons (Fsp3) is 0.143. The average molecular weight is 241 g/mol. The molecule has 0 aromatic heterocycles. The Hall–Kier alpha value is -0.150. The normalized spacial score (nSPS) is 10.2. The molecule has 0 heterocycles. The van der Waals surface area contributed by atoms with Crippen molar-refractivity contribution in [3.63, 3.8) is 0 Å². The van der Waals surface area contributed by atoms with Crippen LogP contribution in [0.3, 0.4) is 0 Å². The topological polar surface area (TPSA) is 0 Å². The molecule has 0 aliphatic carbocycles. The largest absolute Gasteiger partial charge is 0.204 e. The molecule has 0 atom stereocenters. The van der Waals surface area contributed by atoms with Gasteiger partial charge < -0.3 is 0 Å². The van der Waals surface area contributed by atoms with Gasteiger partial charge >= 0.3 is 0 Å². The van der Waals surface area contributed by atoms with E-state index in [4.69, 9.17) is 11.6 Å². The molecule has 0 saturated heterocycles. The Morgan fingerprint density at radius 1 is 1.36 bits per heavy atom. The first-order valence-electron chi connectivity index (χ1n) is 2.85. The minimum absolute atomic E-state index is 0.104. The van der Waals surface area contributed by atoms with Crippen LogP contribution >= 0.6 is 27.5 Å². The van der Waals surface area contributed by atoms with Gasteiger partial charge in [-0.25, -0.2) is 8.78 Å². The highest BCUT2D eigenvalue weighted by Crippen LogP contribution is 2.23. The van der Waals surface area contributed by atoms with Gasteiger partial charge in [-0.3, -0.25) is 0 Å². The molecular formula is C7H4BrClF2. The van der Waals surface area contributed by atoms with Gasteiger partial charge in [0.15, 0.2) is 11.6 Å². The van der Waals surface area contributed by atoms with Crippen molar-refractivity contribution in [2.45, 2.75) is 5.88 Å². The minimum atomic E-state index is -0.886. The molecule has 0 radical (unpaired) electrons. The molecule has 0 amide bonds. The summed E-state index contributed by atoms with van der Waals surface area (Å²) in [6.45, 7) is 0. The van der Waals surface area contributed by atoms with E-state index in [2.05, 4.69) is 15.9 Å². The van der Waals surface area contributed by atoms with Crippen molar-refractivity contribution in [3.05, 3.63) is 33.8 Å². The standard InChI is InChI=1S/C7H4BrClF2/c8-6-4(3-9)1-2-5(10)7(6)11/h1-2H,3H2. The number of hydrogen-bond acceptors (Lipinski definition) is 0. The van der Waals surface area contributed by atoms with Crippen molar-refractivity contribution in [2.24, 2.45) is 0 Å². The Balaban J connectivity index is 3.25. The van der Waals surface area contributed by atoms with Gasteiger partial charge in [-0.2, -0.15) is 0 Å². The molecule has 0 nitrogen and oxygen atoms in total. The van der Waals surface area contributed by atoms with E-state index in [0.29, 0.717) is 5.56 Å². The molecule has 0 unspecified atom stereocenters. The van der Waals surface area contributed by atoms with Crippen molar-refractivity contribution in [2.75, 3.05) is 0 Å². The van der Waals surface area contributed by atoms with Gasteiger partial charge in [0.05, 0.1) is 4.47 Å². The average Bonchev–Trinajstić information content (AvgIpc) is 2.01. The highest BCUT2D eigenvalue weighted by atomic mass is 79.9. The predicted molar refractivity (Wildman–Crippen MR) is 43.6 cm³/mol. The van der Waals surface area contributed by atoms with E-state index in [1.807, 2.05) is 0 Å². The van der Waals surface area contributed by atoms with Crippen LogP contribution in [0.2, 0.25) is 0 Å². The van der Waals surface area contributed by atoms with Crippen LogP contribution in [-0.2, 0) is 5.88 Å². The summed E-state index contributed by atoms with van der Waals surface area (Å²) in [4.78, 5) is 0. The predicted octanol–water partition coefficient (Wildman–Crippen LogP) is 3.47. The maximum absolute atomic E-state index is 12.7. The molecule has 4 heteroatoms. The summed E-state index contributed by atoms with van der Waals surface area (Å²) < 4.78 is 25.2. The second-order valence-electron chi connectivity index (χ2n) is 1.97. The molecule has 1 aromatic carbocycles. The lowest BCUT2D eigenvalue weighted by atomic mass is 10.2. The summed E-state index contributed by atoms with van der Waals surface area (Å²) in [5.41, 5.74) is 0.547. The van der Waals surface area contributed by atoms with E-state index in [0.717, 1.165) is 6.07 Å². The fourth-order valence-corrected chi connectivity index (χ4v) is 1.51. The quantitative estimate of drug-likeness (QED) is 0.522. The number of alkyl halides is 1. The number of halogens is 4. The zero-order chi connectivity index (χ0) is 8.43. The molecule has 60 valence electrons. The van der Waals surface area contributed by atoms with Crippen molar-refractivity contribution < 1.29 is 8.78 Å². The molecule has 0 aliphatic heterocycles. The molecule has 0 saturated carbocycles. The summed E-state index contributed by atoms with van der Waals surface area (Å²) in [5.74, 6) is -1.59. The molecule has 0 bridgehead atoms. The highest BCUT2D eigenvalue weighted by Gasteiger charge is 2.09. The molecule has 0 aliphatic rings. The minimum Gasteiger partial charge on any atom is -0.204 e. The van der Waals surface area contributed by atoms with Crippen molar-refractivity contribution >= 4 is 27.5 Å². The van der Waals surface area contributed by atoms with E-state index in [1.165, 1.54) is 6.07 Å². The van der Waals surface area contributed by atoms with Gasteiger partial charge in [0.25, 0.3) is 0 Å². The highest BCUT2D eigenvalue weighted by molar-refractivity contribution is 9.10. The second-order valence-corrected chi connectivity index (χ2v) is 3.03. The van der Waals surface area contributed by atoms with E-state index in [9.17, 15) is 8.78 Å². The van der Waals surface area contributed by atoms with Crippen LogP contribution < -0.4 is 0 Å². The van der Waals surface area contributed by atoms with Crippen LogP contribution in [0.15, 0.2) is 16.6 Å². The van der Waals surface area contributed by atoms with Crippen LogP contribution in [0.25, 0.3) is 0 Å². The van der Waals surface area contributed by atoms with E-state index < -0.39 is 11.6 Å². The van der Waals surface area contributed by atoms with E-state index in [1.54, 1.807) is 0 Å². The molecule has 0 fully saturated rings. The third-order valence-corrected chi connectivity index (χ3v) is 2.40. The SMILES string of the molecule is Fc1ccc(CCl)c(Br)c1F. The first-order valence-corrected chi connectivity index (χ1v) is 4.18. The monoisotopic (exact) mass is 240 g/mol. The van der Waals surface area contributed by atoms with Gasteiger partial charge in [-0.05, 0) is 27.6 Å². The molecule has 11 heavy (non-hydrogen) atoms. The zero-order valence-corrected chi connectivity index (χ0v) is 7.72. The summed E-state index contributed by atoms with van der Waals surface area (Å²) >= 11 is 8.33. The van der Waals surface area contributed by atoms with Crippen LogP contribution in [0.4, 0.5) is 8.78 Å². The van der Waals surface area contributed by atoms with Crippen molar-refractivity contribution in [1.29, 1.82) is 0 Å². The third-order valence-electron chi connectivity index (χ3n) is 1.26. The van der Waals surface area contributed by atoms with E-state index >= 15 is 0 Å². The van der Waals surface area contributed by atoms with Gasteiger partial charge in [0.2, 0.25) is 0 Å². The summed E-state index contributed by atoms with van der Waals surface area (Å²) in [6, 6.07) is 2.49. The smallest absolute Gasteiger partial charge is 0.173 e. The lowest BCUT2D eigenvalue weighted by Crippen LogP contribution is -1.89. The Bertz CT molecular complexity index is 275. The number of benzene rings is 1. The first-order chi connectivity index (χ1) is 5.16. The first kappa shape index (κ1) is 8.94. The third kappa shape index (κ3) is 1.71. The van der Waals surface area contributed by atoms with Crippen LogP contribution in [0.1, 0.15) is 5.56 Å². The molecule has 0 N–H and O–H groups in total. The molecule has 1 aromatic rings. The maximum Gasteiger partial charge on any atom is 0.173 e. The second kappa shape index (κ2) is 3.50. The van der Waals surface area contributed by atoms with Crippen molar-refractivity contribution in [1.82, 2.24) is 0 Å². The summed E-state index contributed by atoms with van der Waals surface area (Å²) in [6.07, 6.45) is 0. The van der Waals surface area contributed by atoms with Crippen LogP contribution in [0.5, 0.6) is 0 Å². The van der Waals surface area contributed by atoms with Gasteiger partial charge in [-0.1, -0.05) is 6.07 Å². The Morgan fingerprint density at radius 3 is 2.55 bits per heavy atom. The lowest BCUT2D eigenvalue weighted by Gasteiger charge is -2.00. The Kier molecular flexibility index (Phi) is 2.84.